The molecule has 1 unspecified atom stereocenters. The maximum absolute atomic E-state index is 12.2. The zero-order valence-electron chi connectivity index (χ0n) is 11.4. The first kappa shape index (κ1) is 16.9. The zero-order valence-corrected chi connectivity index (χ0v) is 12.1. The number of nitrogens with one attached hydrogen (secondary N) is 1. The summed E-state index contributed by atoms with van der Waals surface area (Å²) in [7, 11) is 0. The van der Waals surface area contributed by atoms with Crippen LogP contribution in [0.3, 0.4) is 0 Å². The Labute approximate surface area is 132 Å². The van der Waals surface area contributed by atoms with Crippen LogP contribution in [0.15, 0.2) is 22.7 Å². The fraction of sp³-hybridized carbons (Fsp3) is 0.250. The maximum atomic E-state index is 12.2. The van der Waals surface area contributed by atoms with Gasteiger partial charge in [-0.05, 0) is 25.1 Å². The van der Waals surface area contributed by atoms with E-state index in [2.05, 4.69) is 20.2 Å². The van der Waals surface area contributed by atoms with Gasteiger partial charge >= 0.3 is 12.5 Å². The van der Waals surface area contributed by atoms with Crippen molar-refractivity contribution < 1.29 is 32.3 Å². The van der Waals surface area contributed by atoms with Gasteiger partial charge in [-0.1, -0.05) is 16.8 Å². The Hall–Kier alpha value is -2.49. The van der Waals surface area contributed by atoms with E-state index in [1.807, 2.05) is 0 Å². The second-order valence-electron chi connectivity index (χ2n) is 4.32. The van der Waals surface area contributed by atoms with Gasteiger partial charge in [0.2, 0.25) is 11.7 Å². The molecule has 0 spiro atoms. The van der Waals surface area contributed by atoms with Crippen molar-refractivity contribution in [2.24, 2.45) is 0 Å². The normalized spacial score (nSPS) is 12.7. The smallest absolute Gasteiger partial charge is 0.465 e. The third-order valence-corrected chi connectivity index (χ3v) is 2.86. The highest BCUT2D eigenvalue weighted by molar-refractivity contribution is 6.32. The monoisotopic (exact) mass is 351 g/mol. The number of alkyl halides is 3. The Morgan fingerprint density at radius 2 is 2.17 bits per heavy atom. The number of rotatable bonds is 4. The molecule has 23 heavy (non-hydrogen) atoms. The van der Waals surface area contributed by atoms with Crippen LogP contribution >= 0.6 is 11.6 Å². The molecular weight excluding hydrogens is 343 g/mol. The lowest BCUT2D eigenvalue weighted by atomic mass is 10.2. The summed E-state index contributed by atoms with van der Waals surface area (Å²) in [6.07, 6.45) is -6.13. The highest BCUT2D eigenvalue weighted by Gasteiger charge is 2.32. The fourth-order valence-electron chi connectivity index (χ4n) is 1.62. The number of aromatic nitrogens is 2. The topological polar surface area (TPSA) is 97.5 Å². The molecule has 2 rings (SSSR count). The molecule has 0 radical (unpaired) electrons. The third kappa shape index (κ3) is 4.49. The van der Waals surface area contributed by atoms with Gasteiger partial charge in [-0.2, -0.15) is 4.98 Å². The number of hydrogen-bond acceptors (Lipinski definition) is 5. The summed E-state index contributed by atoms with van der Waals surface area (Å²) in [5.74, 6) is -0.527. The Bertz CT molecular complexity index is 720. The van der Waals surface area contributed by atoms with Crippen molar-refractivity contribution in [2.75, 3.05) is 0 Å². The van der Waals surface area contributed by atoms with E-state index in [1.54, 1.807) is 0 Å². The van der Waals surface area contributed by atoms with Crippen LogP contribution in [0.25, 0.3) is 11.4 Å². The van der Waals surface area contributed by atoms with Crippen molar-refractivity contribution in [3.63, 3.8) is 0 Å². The molecule has 2 N–H and O–H groups in total. The van der Waals surface area contributed by atoms with Gasteiger partial charge in [0.25, 0.3) is 0 Å². The van der Waals surface area contributed by atoms with Gasteiger partial charge in [-0.3, -0.25) is 0 Å². The molecule has 1 heterocycles. The summed E-state index contributed by atoms with van der Waals surface area (Å²) in [5, 5.41) is 14.1. The van der Waals surface area contributed by atoms with Gasteiger partial charge in [-0.25, -0.2) is 4.79 Å². The lowest BCUT2D eigenvalue weighted by Crippen LogP contribution is -2.24. The molecule has 1 amide bonds. The SMILES string of the molecule is CC(NC(=O)O)c1nc(-c2ccc(OC(F)(F)F)c(Cl)c2)no1. The minimum atomic E-state index is -4.86. The van der Waals surface area contributed by atoms with Crippen LogP contribution in [0, 0.1) is 0 Å². The van der Waals surface area contributed by atoms with Crippen LogP contribution in [-0.4, -0.2) is 27.7 Å². The summed E-state index contributed by atoms with van der Waals surface area (Å²) in [6, 6.07) is 2.70. The summed E-state index contributed by atoms with van der Waals surface area (Å²) >= 11 is 5.72. The van der Waals surface area contributed by atoms with Gasteiger partial charge in [0.05, 0.1) is 5.02 Å². The third-order valence-electron chi connectivity index (χ3n) is 2.57. The number of benzene rings is 1. The molecule has 0 aliphatic heterocycles. The van der Waals surface area contributed by atoms with Crippen LogP contribution in [0.4, 0.5) is 18.0 Å². The second-order valence-corrected chi connectivity index (χ2v) is 4.73. The van der Waals surface area contributed by atoms with E-state index in [1.165, 1.54) is 19.1 Å². The van der Waals surface area contributed by atoms with Crippen molar-refractivity contribution in [2.45, 2.75) is 19.3 Å². The molecule has 124 valence electrons. The van der Waals surface area contributed by atoms with Crippen molar-refractivity contribution in [1.82, 2.24) is 15.5 Å². The average Bonchev–Trinajstić information content (AvgIpc) is 2.88. The van der Waals surface area contributed by atoms with Crippen LogP contribution in [0.5, 0.6) is 5.75 Å². The first-order valence-corrected chi connectivity index (χ1v) is 6.42. The minimum absolute atomic E-state index is 0.00543. The van der Waals surface area contributed by atoms with Crippen LogP contribution in [0.1, 0.15) is 18.9 Å². The Balaban J connectivity index is 2.21. The summed E-state index contributed by atoms with van der Waals surface area (Å²) in [4.78, 5) is 14.5. The van der Waals surface area contributed by atoms with Crippen LogP contribution in [0.2, 0.25) is 5.02 Å². The summed E-state index contributed by atoms with van der Waals surface area (Å²) in [6.45, 7) is 1.48. The number of carboxylic acid groups (broad SMARTS) is 1. The molecular formula is C12H9ClF3N3O4. The van der Waals surface area contributed by atoms with E-state index in [0.29, 0.717) is 0 Å². The first-order chi connectivity index (χ1) is 10.7. The van der Waals surface area contributed by atoms with Gasteiger partial charge in [0, 0.05) is 5.56 Å². The van der Waals surface area contributed by atoms with E-state index >= 15 is 0 Å². The second kappa shape index (κ2) is 6.32. The molecule has 2 aromatic rings. The van der Waals surface area contributed by atoms with Crippen molar-refractivity contribution in [1.29, 1.82) is 0 Å². The molecule has 1 aromatic carbocycles. The number of amides is 1. The highest BCUT2D eigenvalue weighted by atomic mass is 35.5. The van der Waals surface area contributed by atoms with Gasteiger partial charge in [-0.15, -0.1) is 13.2 Å². The molecule has 0 saturated carbocycles. The predicted octanol–water partition coefficient (Wildman–Crippen LogP) is 3.62. The van der Waals surface area contributed by atoms with E-state index < -0.39 is 24.2 Å². The van der Waals surface area contributed by atoms with Crippen LogP contribution < -0.4 is 10.1 Å². The molecule has 11 heteroatoms. The van der Waals surface area contributed by atoms with Crippen molar-refractivity contribution >= 4 is 17.7 Å². The standard InChI is InChI=1S/C12H9ClF3N3O4/c1-5(17-11(20)21)10-18-9(19-23-10)6-2-3-8(7(13)4-6)22-12(14,15)16/h2-5,17H,1H3,(H,20,21). The van der Waals surface area contributed by atoms with Gasteiger partial charge in [0.1, 0.15) is 11.8 Å². The Morgan fingerprint density at radius 3 is 2.74 bits per heavy atom. The lowest BCUT2D eigenvalue weighted by Gasteiger charge is -2.10. The van der Waals surface area contributed by atoms with Crippen molar-refractivity contribution in [3.05, 3.63) is 29.1 Å². The summed E-state index contributed by atoms with van der Waals surface area (Å²) < 4.78 is 45.1. The number of ether oxygens (including phenoxy) is 1. The number of carbonyl (C=O) groups is 1. The maximum Gasteiger partial charge on any atom is 0.573 e. The molecule has 0 aliphatic carbocycles. The summed E-state index contributed by atoms with van der Waals surface area (Å²) in [5.41, 5.74) is 0.280. The average molecular weight is 352 g/mol. The predicted molar refractivity (Wildman–Crippen MR) is 71.0 cm³/mol. The van der Waals surface area contributed by atoms with Crippen molar-refractivity contribution in [3.8, 4) is 17.1 Å². The highest BCUT2D eigenvalue weighted by Crippen LogP contribution is 2.33. The quantitative estimate of drug-likeness (QED) is 0.873. The van der Waals surface area contributed by atoms with E-state index in [0.717, 1.165) is 6.07 Å². The van der Waals surface area contributed by atoms with E-state index in [9.17, 15) is 18.0 Å². The molecule has 0 fully saturated rings. The zero-order chi connectivity index (χ0) is 17.2. The number of halogens is 4. The van der Waals surface area contributed by atoms with Gasteiger partial charge < -0.3 is 19.7 Å². The molecule has 0 bridgehead atoms. The first-order valence-electron chi connectivity index (χ1n) is 6.04. The fourth-order valence-corrected chi connectivity index (χ4v) is 1.84. The van der Waals surface area contributed by atoms with Crippen LogP contribution in [-0.2, 0) is 0 Å². The lowest BCUT2D eigenvalue weighted by molar-refractivity contribution is -0.274. The number of hydrogen-bond donors (Lipinski definition) is 2. The molecule has 1 atom stereocenters. The molecule has 0 saturated heterocycles. The largest absolute Gasteiger partial charge is 0.573 e. The Morgan fingerprint density at radius 1 is 1.48 bits per heavy atom. The molecule has 1 aromatic heterocycles. The minimum Gasteiger partial charge on any atom is -0.465 e. The van der Waals surface area contributed by atoms with Gasteiger partial charge in [0.15, 0.2) is 0 Å². The molecule has 0 aliphatic rings. The number of nitrogens with zero attached hydrogens (tertiary/aromatic N) is 2. The Kier molecular flexibility index (Phi) is 4.64. The molecule has 7 nitrogen and oxygen atoms in total. The van der Waals surface area contributed by atoms with E-state index in [-0.39, 0.29) is 22.3 Å². The van der Waals surface area contributed by atoms with E-state index in [4.69, 9.17) is 21.2 Å².